The van der Waals surface area contributed by atoms with Gasteiger partial charge in [0.15, 0.2) is 5.96 Å². The van der Waals surface area contributed by atoms with Gasteiger partial charge in [-0.25, -0.2) is 0 Å². The van der Waals surface area contributed by atoms with E-state index in [1.807, 2.05) is 0 Å². The van der Waals surface area contributed by atoms with Crippen molar-refractivity contribution in [1.29, 1.82) is 0 Å². The Morgan fingerprint density at radius 1 is 1.33 bits per heavy atom. The van der Waals surface area contributed by atoms with Crippen LogP contribution < -0.4 is 10.6 Å². The first-order chi connectivity index (χ1) is 10.2. The molecule has 0 saturated heterocycles. The first-order valence-electron chi connectivity index (χ1n) is 7.71. The van der Waals surface area contributed by atoms with Crippen molar-refractivity contribution in [3.8, 4) is 0 Å². The Labute approximate surface area is 127 Å². The molecule has 1 heterocycles. The van der Waals surface area contributed by atoms with E-state index < -0.39 is 0 Å². The van der Waals surface area contributed by atoms with Gasteiger partial charge in [-0.1, -0.05) is 6.92 Å². The highest BCUT2D eigenvalue weighted by Gasteiger charge is 2.02. The summed E-state index contributed by atoms with van der Waals surface area (Å²) in [5.41, 5.74) is 0. The van der Waals surface area contributed by atoms with Gasteiger partial charge < -0.3 is 20.1 Å². The van der Waals surface area contributed by atoms with E-state index in [2.05, 4.69) is 63.2 Å². The van der Waals surface area contributed by atoms with E-state index in [0.717, 1.165) is 57.3 Å². The fraction of sp³-hybridized carbons (Fsp3) is 0.786. The second kappa shape index (κ2) is 10.1. The first kappa shape index (κ1) is 17.4. The van der Waals surface area contributed by atoms with Crippen molar-refractivity contribution in [2.75, 3.05) is 40.3 Å². The standard InChI is InChI=1S/C14H29N7/c1-5-13-19-18-12-21(13)11-9-17-14(15-6-2)16-8-7-10-20(3)4/h12H,5-11H2,1-4H3,(H2,15,16,17). The summed E-state index contributed by atoms with van der Waals surface area (Å²) >= 11 is 0. The molecule has 0 unspecified atom stereocenters. The van der Waals surface area contributed by atoms with Gasteiger partial charge in [0, 0.05) is 32.6 Å². The lowest BCUT2D eigenvalue weighted by Gasteiger charge is -2.13. The van der Waals surface area contributed by atoms with Gasteiger partial charge in [0.05, 0.1) is 0 Å². The molecule has 1 aromatic rings. The topological polar surface area (TPSA) is 70.4 Å². The van der Waals surface area contributed by atoms with E-state index in [0.29, 0.717) is 0 Å². The molecule has 0 amide bonds. The fourth-order valence-electron chi connectivity index (χ4n) is 1.95. The molecular weight excluding hydrogens is 266 g/mol. The van der Waals surface area contributed by atoms with Gasteiger partial charge >= 0.3 is 0 Å². The van der Waals surface area contributed by atoms with Gasteiger partial charge in [-0.15, -0.1) is 10.2 Å². The van der Waals surface area contributed by atoms with Gasteiger partial charge in [0.2, 0.25) is 0 Å². The molecule has 0 spiro atoms. The second-order valence-electron chi connectivity index (χ2n) is 5.14. The van der Waals surface area contributed by atoms with Crippen LogP contribution in [-0.2, 0) is 13.0 Å². The van der Waals surface area contributed by atoms with Crippen molar-refractivity contribution in [2.24, 2.45) is 4.99 Å². The molecule has 120 valence electrons. The van der Waals surface area contributed by atoms with Crippen LogP contribution in [-0.4, -0.2) is 65.9 Å². The smallest absolute Gasteiger partial charge is 0.191 e. The van der Waals surface area contributed by atoms with E-state index in [4.69, 9.17) is 0 Å². The molecule has 0 aromatic carbocycles. The Bertz CT molecular complexity index is 411. The van der Waals surface area contributed by atoms with Crippen molar-refractivity contribution in [3.63, 3.8) is 0 Å². The number of nitrogens with one attached hydrogen (secondary N) is 2. The molecule has 0 saturated carbocycles. The van der Waals surface area contributed by atoms with Crippen LogP contribution in [0.5, 0.6) is 0 Å². The maximum absolute atomic E-state index is 4.57. The summed E-state index contributed by atoms with van der Waals surface area (Å²) in [6, 6.07) is 0. The molecule has 0 aliphatic heterocycles. The number of hydrogen-bond acceptors (Lipinski definition) is 4. The average molecular weight is 295 g/mol. The van der Waals surface area contributed by atoms with Crippen LogP contribution in [0.25, 0.3) is 0 Å². The van der Waals surface area contributed by atoms with Crippen molar-refractivity contribution in [2.45, 2.75) is 33.2 Å². The van der Waals surface area contributed by atoms with Crippen LogP contribution in [0.3, 0.4) is 0 Å². The molecule has 0 bridgehead atoms. The number of aliphatic imine (C=N–C) groups is 1. The van der Waals surface area contributed by atoms with Gasteiger partial charge in [-0.2, -0.15) is 0 Å². The molecule has 0 atom stereocenters. The Balaban J connectivity index is 2.34. The molecule has 0 fully saturated rings. The third kappa shape index (κ3) is 7.08. The van der Waals surface area contributed by atoms with Crippen molar-refractivity contribution < 1.29 is 0 Å². The lowest BCUT2D eigenvalue weighted by atomic mass is 10.4. The van der Waals surface area contributed by atoms with Crippen LogP contribution in [0.4, 0.5) is 0 Å². The first-order valence-corrected chi connectivity index (χ1v) is 7.71. The van der Waals surface area contributed by atoms with Crippen LogP contribution in [0.2, 0.25) is 0 Å². The van der Waals surface area contributed by atoms with Gasteiger partial charge in [0.25, 0.3) is 0 Å². The average Bonchev–Trinajstić information content (AvgIpc) is 2.90. The molecule has 0 radical (unpaired) electrons. The molecule has 21 heavy (non-hydrogen) atoms. The largest absolute Gasteiger partial charge is 0.357 e. The second-order valence-corrected chi connectivity index (χ2v) is 5.14. The zero-order chi connectivity index (χ0) is 15.5. The highest BCUT2D eigenvalue weighted by Crippen LogP contribution is 1.94. The summed E-state index contributed by atoms with van der Waals surface area (Å²) in [5.74, 6) is 1.90. The van der Waals surface area contributed by atoms with Gasteiger partial charge in [0.1, 0.15) is 12.2 Å². The van der Waals surface area contributed by atoms with Gasteiger partial charge in [-0.05, 0) is 34.0 Å². The molecule has 7 nitrogen and oxygen atoms in total. The fourth-order valence-corrected chi connectivity index (χ4v) is 1.95. The molecule has 1 aromatic heterocycles. The van der Waals surface area contributed by atoms with E-state index >= 15 is 0 Å². The van der Waals surface area contributed by atoms with Gasteiger partial charge in [-0.3, -0.25) is 4.99 Å². The number of rotatable bonds is 9. The summed E-state index contributed by atoms with van der Waals surface area (Å²) in [5, 5.41) is 14.6. The van der Waals surface area contributed by atoms with Crippen LogP contribution >= 0.6 is 0 Å². The predicted molar refractivity (Wildman–Crippen MR) is 86.6 cm³/mol. The number of aryl methyl sites for hydroxylation is 1. The minimum absolute atomic E-state index is 0.810. The highest BCUT2D eigenvalue weighted by molar-refractivity contribution is 5.79. The molecule has 0 aliphatic rings. The molecule has 1 rings (SSSR count). The van der Waals surface area contributed by atoms with E-state index in [9.17, 15) is 0 Å². The molecule has 2 N–H and O–H groups in total. The summed E-state index contributed by atoms with van der Waals surface area (Å²) in [4.78, 5) is 6.75. The Kier molecular flexibility index (Phi) is 8.42. The molecule has 0 aliphatic carbocycles. The maximum Gasteiger partial charge on any atom is 0.191 e. The quantitative estimate of drug-likeness (QED) is 0.391. The normalized spacial score (nSPS) is 12.0. The Morgan fingerprint density at radius 2 is 2.14 bits per heavy atom. The SMILES string of the molecule is CCNC(=NCCCN(C)C)NCCn1cnnc1CC. The number of guanidine groups is 1. The third-order valence-electron chi connectivity index (χ3n) is 3.03. The minimum Gasteiger partial charge on any atom is -0.357 e. The zero-order valence-corrected chi connectivity index (χ0v) is 13.8. The van der Waals surface area contributed by atoms with Crippen molar-refractivity contribution in [1.82, 2.24) is 30.3 Å². The predicted octanol–water partition coefficient (Wildman–Crippen LogP) is 0.347. The van der Waals surface area contributed by atoms with Crippen LogP contribution in [0, 0.1) is 0 Å². The number of aromatic nitrogens is 3. The van der Waals surface area contributed by atoms with E-state index in [1.165, 1.54) is 0 Å². The monoisotopic (exact) mass is 295 g/mol. The summed E-state index contributed by atoms with van der Waals surface area (Å²) in [6.07, 6.45) is 3.75. The van der Waals surface area contributed by atoms with E-state index in [-0.39, 0.29) is 0 Å². The van der Waals surface area contributed by atoms with Crippen molar-refractivity contribution >= 4 is 5.96 Å². The number of nitrogens with zero attached hydrogens (tertiary/aromatic N) is 5. The molecular formula is C14H29N7. The zero-order valence-electron chi connectivity index (χ0n) is 13.8. The van der Waals surface area contributed by atoms with Crippen molar-refractivity contribution in [3.05, 3.63) is 12.2 Å². The summed E-state index contributed by atoms with van der Waals surface area (Å²) in [7, 11) is 4.16. The Morgan fingerprint density at radius 3 is 2.81 bits per heavy atom. The summed E-state index contributed by atoms with van der Waals surface area (Å²) < 4.78 is 2.07. The maximum atomic E-state index is 4.57. The van der Waals surface area contributed by atoms with Crippen LogP contribution in [0.15, 0.2) is 11.3 Å². The minimum atomic E-state index is 0.810. The van der Waals surface area contributed by atoms with Crippen LogP contribution in [0.1, 0.15) is 26.1 Å². The number of hydrogen-bond donors (Lipinski definition) is 2. The Hall–Kier alpha value is -1.63. The summed E-state index contributed by atoms with van der Waals surface area (Å²) in [6.45, 7) is 8.58. The lowest BCUT2D eigenvalue weighted by molar-refractivity contribution is 0.403. The third-order valence-corrected chi connectivity index (χ3v) is 3.03. The molecule has 7 heteroatoms. The highest BCUT2D eigenvalue weighted by atomic mass is 15.3. The lowest BCUT2D eigenvalue weighted by Crippen LogP contribution is -2.39. The van der Waals surface area contributed by atoms with E-state index in [1.54, 1.807) is 6.33 Å².